The summed E-state index contributed by atoms with van der Waals surface area (Å²) >= 11 is 0. The van der Waals surface area contributed by atoms with E-state index in [1.54, 1.807) is 12.3 Å². The third-order valence-electron chi connectivity index (χ3n) is 7.06. The molecule has 4 aromatic rings. The number of pyridine rings is 1. The minimum Gasteiger partial charge on any atom is -0.365 e. The van der Waals surface area contributed by atoms with Crippen LogP contribution in [0.1, 0.15) is 32.3 Å². The monoisotopic (exact) mass is 529 g/mol. The second-order valence-electron chi connectivity index (χ2n) is 10.6. The maximum Gasteiger partial charge on any atom is 0.225 e. The summed E-state index contributed by atoms with van der Waals surface area (Å²) in [5.74, 6) is 1.54. The van der Waals surface area contributed by atoms with Crippen LogP contribution in [0.2, 0.25) is 0 Å². The van der Waals surface area contributed by atoms with Gasteiger partial charge < -0.3 is 20.5 Å². The molecule has 10 nitrogen and oxygen atoms in total. The fourth-order valence-electron chi connectivity index (χ4n) is 4.90. The van der Waals surface area contributed by atoms with Gasteiger partial charge in [0.25, 0.3) is 0 Å². The summed E-state index contributed by atoms with van der Waals surface area (Å²) in [7, 11) is 0. The van der Waals surface area contributed by atoms with E-state index in [0.29, 0.717) is 23.2 Å². The fourth-order valence-corrected chi connectivity index (χ4v) is 4.90. The smallest absolute Gasteiger partial charge is 0.225 e. The van der Waals surface area contributed by atoms with Gasteiger partial charge in [0.05, 0.1) is 11.0 Å². The third-order valence-corrected chi connectivity index (χ3v) is 7.06. The SMILES string of the molecule is CC(C)Nc1ncnc(-c2ccc3nc(Nc4cc(CN5CCN(C(=O)C6CC6)CC5)ccn4)[nH]c3c2)c1F. The van der Waals surface area contributed by atoms with Crippen LogP contribution in [0.25, 0.3) is 22.3 Å². The molecule has 2 fully saturated rings. The molecule has 1 saturated heterocycles. The number of hydrogen-bond donors (Lipinski definition) is 3. The highest BCUT2D eigenvalue weighted by atomic mass is 19.1. The van der Waals surface area contributed by atoms with E-state index >= 15 is 4.39 Å². The zero-order valence-electron chi connectivity index (χ0n) is 22.1. The van der Waals surface area contributed by atoms with Gasteiger partial charge in [0.2, 0.25) is 11.9 Å². The number of imidazole rings is 1. The number of carbonyl (C=O) groups excluding carboxylic acids is 1. The number of H-pyrrole nitrogens is 1. The second-order valence-corrected chi connectivity index (χ2v) is 10.6. The molecule has 3 aromatic heterocycles. The first kappa shape index (κ1) is 25.2. The average molecular weight is 530 g/mol. The molecular formula is C28H32FN9O. The van der Waals surface area contributed by atoms with Crippen molar-refractivity contribution in [2.75, 3.05) is 36.8 Å². The topological polar surface area (TPSA) is 115 Å². The first-order valence-corrected chi connectivity index (χ1v) is 13.4. The molecule has 202 valence electrons. The molecule has 0 atom stereocenters. The highest BCUT2D eigenvalue weighted by Crippen LogP contribution is 2.31. The normalized spacial score (nSPS) is 16.2. The van der Waals surface area contributed by atoms with Crippen LogP contribution < -0.4 is 10.6 Å². The quantitative estimate of drug-likeness (QED) is 0.312. The minimum atomic E-state index is -0.486. The average Bonchev–Trinajstić information content (AvgIpc) is 3.70. The maximum atomic E-state index is 15.1. The van der Waals surface area contributed by atoms with Crippen molar-refractivity contribution in [3.05, 3.63) is 54.2 Å². The predicted molar refractivity (Wildman–Crippen MR) is 148 cm³/mol. The summed E-state index contributed by atoms with van der Waals surface area (Å²) in [5, 5.41) is 6.27. The number of rotatable bonds is 8. The van der Waals surface area contributed by atoms with Gasteiger partial charge in [-0.2, -0.15) is 0 Å². The summed E-state index contributed by atoms with van der Waals surface area (Å²) in [6, 6.07) is 9.53. The Kier molecular flexibility index (Phi) is 6.82. The Morgan fingerprint density at radius 3 is 2.69 bits per heavy atom. The fraction of sp³-hybridized carbons (Fsp3) is 0.393. The van der Waals surface area contributed by atoms with Gasteiger partial charge in [-0.05, 0) is 56.5 Å². The molecule has 2 aliphatic rings. The van der Waals surface area contributed by atoms with Crippen LogP contribution in [0, 0.1) is 11.7 Å². The summed E-state index contributed by atoms with van der Waals surface area (Å²) < 4.78 is 15.1. The Bertz CT molecular complexity index is 1490. The predicted octanol–water partition coefficient (Wildman–Crippen LogP) is 4.17. The zero-order valence-corrected chi connectivity index (χ0v) is 22.1. The van der Waals surface area contributed by atoms with Crippen molar-refractivity contribution in [1.82, 2.24) is 34.7 Å². The van der Waals surface area contributed by atoms with Gasteiger partial charge in [-0.15, -0.1) is 0 Å². The Morgan fingerprint density at radius 2 is 1.92 bits per heavy atom. The lowest BCUT2D eigenvalue weighted by Gasteiger charge is -2.34. The Labute approximate surface area is 226 Å². The van der Waals surface area contributed by atoms with E-state index in [9.17, 15) is 4.79 Å². The van der Waals surface area contributed by atoms with Crippen LogP contribution in [0.15, 0.2) is 42.9 Å². The number of amides is 1. The van der Waals surface area contributed by atoms with E-state index < -0.39 is 5.82 Å². The molecule has 1 aromatic carbocycles. The van der Waals surface area contributed by atoms with Crippen molar-refractivity contribution < 1.29 is 9.18 Å². The largest absolute Gasteiger partial charge is 0.365 e. The van der Waals surface area contributed by atoms with Crippen LogP contribution in [-0.4, -0.2) is 72.8 Å². The van der Waals surface area contributed by atoms with E-state index in [1.165, 1.54) is 6.33 Å². The van der Waals surface area contributed by atoms with Crippen LogP contribution in [0.4, 0.5) is 22.0 Å². The highest BCUT2D eigenvalue weighted by Gasteiger charge is 2.34. The third kappa shape index (κ3) is 5.68. The molecule has 6 rings (SSSR count). The number of halogens is 1. The number of benzene rings is 1. The summed E-state index contributed by atoms with van der Waals surface area (Å²) in [4.78, 5) is 37.2. The van der Waals surface area contributed by atoms with Gasteiger partial charge in [0.1, 0.15) is 17.8 Å². The van der Waals surface area contributed by atoms with Crippen molar-refractivity contribution >= 4 is 34.5 Å². The Balaban J connectivity index is 1.12. The number of nitrogens with zero attached hydrogens (tertiary/aromatic N) is 6. The van der Waals surface area contributed by atoms with Crippen molar-refractivity contribution in [2.24, 2.45) is 5.92 Å². The molecule has 1 aliphatic carbocycles. The summed E-state index contributed by atoms with van der Waals surface area (Å²) in [6.45, 7) is 7.98. The highest BCUT2D eigenvalue weighted by molar-refractivity contribution is 5.84. The van der Waals surface area contributed by atoms with Crippen LogP contribution >= 0.6 is 0 Å². The zero-order chi connectivity index (χ0) is 26.9. The molecule has 11 heteroatoms. The number of aromatic amines is 1. The van der Waals surface area contributed by atoms with E-state index in [0.717, 1.165) is 62.2 Å². The minimum absolute atomic E-state index is 0.0471. The van der Waals surface area contributed by atoms with Crippen LogP contribution in [0.3, 0.4) is 0 Å². The van der Waals surface area contributed by atoms with Crippen molar-refractivity contribution in [3.63, 3.8) is 0 Å². The van der Waals surface area contributed by atoms with E-state index in [4.69, 9.17) is 0 Å². The molecule has 1 saturated carbocycles. The lowest BCUT2D eigenvalue weighted by molar-refractivity contribution is -0.134. The van der Waals surface area contributed by atoms with Crippen molar-refractivity contribution in [2.45, 2.75) is 39.3 Å². The van der Waals surface area contributed by atoms with Gasteiger partial charge in [-0.25, -0.2) is 24.3 Å². The number of carbonyl (C=O) groups is 1. The number of piperazine rings is 1. The molecule has 1 amide bonds. The number of anilines is 3. The standard InChI is InChI=1S/C28H32FN9O/c1-17(2)33-26-24(29)25(31-16-32-26)20-5-6-21-22(14-20)35-28(34-21)36-23-13-18(7-8-30-23)15-37-9-11-38(12-10-37)27(39)19-3-4-19/h5-8,13-14,16-17,19H,3-4,9-12,15H2,1-2H3,(H,31,32,33)(H2,30,34,35,36). The summed E-state index contributed by atoms with van der Waals surface area (Å²) in [6.07, 6.45) is 5.25. The first-order valence-electron chi connectivity index (χ1n) is 13.4. The number of hydrogen-bond acceptors (Lipinski definition) is 8. The molecule has 0 spiro atoms. The number of nitrogens with one attached hydrogen (secondary N) is 3. The molecular weight excluding hydrogens is 497 g/mol. The van der Waals surface area contributed by atoms with E-state index in [1.807, 2.05) is 43.0 Å². The van der Waals surface area contributed by atoms with Gasteiger partial charge >= 0.3 is 0 Å². The molecule has 0 radical (unpaired) electrons. The van der Waals surface area contributed by atoms with E-state index in [2.05, 4.69) is 40.5 Å². The molecule has 4 heterocycles. The number of aromatic nitrogens is 5. The molecule has 0 bridgehead atoms. The summed E-state index contributed by atoms with van der Waals surface area (Å²) in [5.41, 5.74) is 3.49. The van der Waals surface area contributed by atoms with E-state index in [-0.39, 0.29) is 23.5 Å². The number of fused-ring (bicyclic) bond motifs is 1. The Hall–Kier alpha value is -4.12. The molecule has 1 aliphatic heterocycles. The molecule has 3 N–H and O–H groups in total. The van der Waals surface area contributed by atoms with Crippen molar-refractivity contribution in [1.29, 1.82) is 0 Å². The maximum absolute atomic E-state index is 15.1. The lowest BCUT2D eigenvalue weighted by atomic mass is 10.1. The second kappa shape index (κ2) is 10.6. The van der Waals surface area contributed by atoms with Gasteiger partial charge in [0, 0.05) is 56.4 Å². The van der Waals surface area contributed by atoms with Gasteiger partial charge in [-0.1, -0.05) is 6.07 Å². The van der Waals surface area contributed by atoms with Crippen molar-refractivity contribution in [3.8, 4) is 11.3 Å². The molecule has 0 unspecified atom stereocenters. The lowest BCUT2D eigenvalue weighted by Crippen LogP contribution is -2.48. The van der Waals surface area contributed by atoms with Crippen LogP contribution in [-0.2, 0) is 11.3 Å². The Morgan fingerprint density at radius 1 is 1.10 bits per heavy atom. The molecule has 39 heavy (non-hydrogen) atoms. The van der Waals surface area contributed by atoms with Crippen LogP contribution in [0.5, 0.6) is 0 Å². The van der Waals surface area contributed by atoms with Gasteiger partial charge in [-0.3, -0.25) is 9.69 Å². The van der Waals surface area contributed by atoms with Gasteiger partial charge in [0.15, 0.2) is 11.6 Å². The first-order chi connectivity index (χ1) is 18.9.